The van der Waals surface area contributed by atoms with Crippen molar-refractivity contribution < 1.29 is 32.9 Å². The number of hydrogen-bond donors (Lipinski definition) is 3. The molecule has 0 bridgehead atoms. The van der Waals surface area contributed by atoms with E-state index in [9.17, 15) is 19.4 Å². The topological polar surface area (TPSA) is 105 Å². The molecule has 0 aromatic heterocycles. The number of aliphatic hydroxyl groups is 1. The lowest BCUT2D eigenvalue weighted by Gasteiger charge is -2.26. The van der Waals surface area contributed by atoms with Crippen molar-refractivity contribution in [2.45, 2.75) is 302 Å². The average molecular weight is 1050 g/mol. The van der Waals surface area contributed by atoms with E-state index >= 15 is 0 Å². The molecule has 9 heteroatoms. The summed E-state index contributed by atoms with van der Waals surface area (Å²) in [6.07, 6.45) is 74.3. The van der Waals surface area contributed by atoms with Gasteiger partial charge in [0.1, 0.15) is 13.2 Å². The van der Waals surface area contributed by atoms with Gasteiger partial charge < -0.3 is 19.8 Å². The number of rotatable bonds is 57. The zero-order chi connectivity index (χ0) is 53.5. The van der Waals surface area contributed by atoms with E-state index in [1.807, 2.05) is 21.1 Å². The van der Waals surface area contributed by atoms with Crippen LogP contribution in [0.25, 0.3) is 0 Å². The molecule has 0 aromatic carbocycles. The molecule has 0 aliphatic rings. The number of phosphoric ester groups is 1. The average Bonchev–Trinajstić information content (AvgIpc) is 3.35. The van der Waals surface area contributed by atoms with Crippen molar-refractivity contribution in [3.05, 3.63) is 60.8 Å². The summed E-state index contributed by atoms with van der Waals surface area (Å²) in [6, 6.07) is -0.766. The quantitative estimate of drug-likeness (QED) is 0.0243. The highest BCUT2D eigenvalue weighted by molar-refractivity contribution is 7.47. The number of allylic oxidation sites excluding steroid dienone is 10. The number of amides is 1. The van der Waals surface area contributed by atoms with E-state index in [0.29, 0.717) is 23.9 Å². The number of likely N-dealkylation sites (N-methyl/N-ethyl adjacent to an activating group) is 1. The molecule has 0 aliphatic heterocycles. The van der Waals surface area contributed by atoms with Gasteiger partial charge in [-0.3, -0.25) is 13.8 Å². The number of phosphoric acid groups is 1. The number of hydrogen-bond acceptors (Lipinski definition) is 5. The third-order valence-corrected chi connectivity index (χ3v) is 15.0. The number of carbonyl (C=O) groups excluding carboxylic acids is 1. The maximum atomic E-state index is 13.0. The van der Waals surface area contributed by atoms with E-state index in [4.69, 9.17) is 9.05 Å². The first-order valence-electron chi connectivity index (χ1n) is 31.2. The van der Waals surface area contributed by atoms with Gasteiger partial charge in [-0.1, -0.05) is 286 Å². The maximum absolute atomic E-state index is 13.0. The van der Waals surface area contributed by atoms with Crippen molar-refractivity contribution in [1.82, 2.24) is 5.32 Å². The van der Waals surface area contributed by atoms with Crippen molar-refractivity contribution in [2.75, 3.05) is 40.9 Å². The lowest BCUT2D eigenvalue weighted by atomic mass is 10.0. The Kier molecular flexibility index (Phi) is 53.6. The van der Waals surface area contributed by atoms with Gasteiger partial charge in [0.2, 0.25) is 5.91 Å². The molecule has 0 aliphatic carbocycles. The summed E-state index contributed by atoms with van der Waals surface area (Å²) in [5.74, 6) is -0.146. The predicted molar refractivity (Wildman–Crippen MR) is 318 cm³/mol. The minimum atomic E-state index is -4.33. The first kappa shape index (κ1) is 71.2. The fourth-order valence-corrected chi connectivity index (χ4v) is 9.93. The number of carbonyl (C=O) groups is 1. The van der Waals surface area contributed by atoms with E-state index in [1.54, 1.807) is 0 Å². The summed E-state index contributed by atoms with van der Waals surface area (Å²) < 4.78 is 23.8. The van der Waals surface area contributed by atoms with Gasteiger partial charge >= 0.3 is 7.82 Å². The highest BCUT2D eigenvalue weighted by Gasteiger charge is 2.28. The summed E-state index contributed by atoms with van der Waals surface area (Å²) in [7, 11) is 1.62. The third-order valence-electron chi connectivity index (χ3n) is 14.0. The second kappa shape index (κ2) is 55.0. The molecule has 0 saturated carbocycles. The smallest absolute Gasteiger partial charge is 0.391 e. The second-order valence-electron chi connectivity index (χ2n) is 22.4. The molecule has 1 amide bonds. The van der Waals surface area contributed by atoms with Gasteiger partial charge in [0.05, 0.1) is 39.9 Å². The number of quaternary nitrogens is 1. The molecule has 3 atom stereocenters. The zero-order valence-corrected chi connectivity index (χ0v) is 49.8. The van der Waals surface area contributed by atoms with Gasteiger partial charge in [0.15, 0.2) is 0 Å². The van der Waals surface area contributed by atoms with Crippen LogP contribution in [0.15, 0.2) is 60.8 Å². The van der Waals surface area contributed by atoms with Crippen molar-refractivity contribution in [2.24, 2.45) is 0 Å². The van der Waals surface area contributed by atoms with E-state index in [1.165, 1.54) is 193 Å². The van der Waals surface area contributed by atoms with Crippen molar-refractivity contribution in [3.63, 3.8) is 0 Å². The zero-order valence-electron chi connectivity index (χ0n) is 48.9. The molecule has 3 unspecified atom stereocenters. The monoisotopic (exact) mass is 1050 g/mol. The molecular weight excluding hydrogens is 924 g/mol. The number of nitrogens with zero attached hydrogens (tertiary/aromatic N) is 1. The van der Waals surface area contributed by atoms with Gasteiger partial charge in [-0.2, -0.15) is 0 Å². The highest BCUT2D eigenvalue weighted by atomic mass is 31.2. The van der Waals surface area contributed by atoms with Crippen LogP contribution in [0.5, 0.6) is 0 Å². The Balaban J connectivity index is 4.13. The van der Waals surface area contributed by atoms with Gasteiger partial charge in [-0.05, 0) is 57.8 Å². The van der Waals surface area contributed by atoms with Crippen LogP contribution in [-0.2, 0) is 18.4 Å². The molecule has 0 saturated heterocycles. The molecule has 428 valence electrons. The highest BCUT2D eigenvalue weighted by Crippen LogP contribution is 2.43. The van der Waals surface area contributed by atoms with E-state index < -0.39 is 20.0 Å². The Bertz CT molecular complexity index is 1370. The fourth-order valence-electron chi connectivity index (χ4n) is 9.19. The van der Waals surface area contributed by atoms with E-state index in [-0.39, 0.29) is 19.1 Å². The molecule has 0 rings (SSSR count). The Morgan fingerprint density at radius 2 is 0.822 bits per heavy atom. The van der Waals surface area contributed by atoms with Crippen LogP contribution in [0.2, 0.25) is 0 Å². The van der Waals surface area contributed by atoms with Crippen LogP contribution in [0.4, 0.5) is 0 Å². The SMILES string of the molecule is CC/C=C\C/C=C\C/C=C\C/C=C\C/C=C\CCCCCCCCCCCCCC(=O)NC(COP(=O)(O)OCC[N+](C)(C)C)C(O)CCCCCCCCCCCCCCCCCCCCCCCCCC. The third kappa shape index (κ3) is 57.7. The Morgan fingerprint density at radius 1 is 0.479 bits per heavy atom. The summed E-state index contributed by atoms with van der Waals surface area (Å²) >= 11 is 0. The minimum absolute atomic E-state index is 0.0728. The van der Waals surface area contributed by atoms with Crippen molar-refractivity contribution in [3.8, 4) is 0 Å². The normalized spacial score (nSPS) is 14.2. The molecule has 0 spiro atoms. The van der Waals surface area contributed by atoms with Crippen LogP contribution in [0.3, 0.4) is 0 Å². The van der Waals surface area contributed by atoms with Gasteiger partial charge in [0, 0.05) is 6.42 Å². The maximum Gasteiger partial charge on any atom is 0.472 e. The molecule has 0 fully saturated rings. The minimum Gasteiger partial charge on any atom is -0.391 e. The van der Waals surface area contributed by atoms with Crippen LogP contribution >= 0.6 is 7.82 Å². The predicted octanol–water partition coefficient (Wildman–Crippen LogP) is 19.3. The van der Waals surface area contributed by atoms with Crippen LogP contribution < -0.4 is 5.32 Å². The summed E-state index contributed by atoms with van der Waals surface area (Å²) in [5.41, 5.74) is 0. The lowest BCUT2D eigenvalue weighted by Crippen LogP contribution is -2.46. The molecule has 73 heavy (non-hydrogen) atoms. The number of nitrogens with one attached hydrogen (secondary N) is 1. The van der Waals surface area contributed by atoms with Gasteiger partial charge in [-0.15, -0.1) is 0 Å². The van der Waals surface area contributed by atoms with Crippen molar-refractivity contribution >= 4 is 13.7 Å². The standard InChI is InChI=1S/C64H121N2O6P/c1-6-8-10-12-14-16-18-20-22-24-26-28-30-32-33-34-36-38-40-42-44-46-48-50-52-54-56-58-64(68)65-62(61-72-73(69,70)71-60-59-66(3,4)5)63(67)57-55-53-51-49-47-45-43-41-39-37-35-31-29-27-25-23-21-19-17-15-13-11-9-7-2/h8,10,14,16,20,22,26,28,32-33,62-63,67H,6-7,9,11-13,15,17-19,21,23-25,27,29-31,34-61H2,1-5H3,(H-,65,68,69,70)/p+1/b10-8-,16-14-,22-20-,28-26-,33-32-. The molecule has 0 radical (unpaired) electrons. The van der Waals surface area contributed by atoms with E-state index in [0.717, 1.165) is 70.6 Å². The first-order valence-corrected chi connectivity index (χ1v) is 32.6. The van der Waals surface area contributed by atoms with Crippen molar-refractivity contribution in [1.29, 1.82) is 0 Å². The lowest BCUT2D eigenvalue weighted by molar-refractivity contribution is -0.870. The summed E-state index contributed by atoms with van der Waals surface area (Å²) in [6.45, 7) is 4.81. The van der Waals surface area contributed by atoms with Gasteiger partial charge in [0.25, 0.3) is 0 Å². The number of unbranched alkanes of at least 4 members (excludes halogenated alkanes) is 34. The fraction of sp³-hybridized carbons (Fsp3) is 0.828. The summed E-state index contributed by atoms with van der Waals surface area (Å²) in [4.78, 5) is 23.4. The first-order chi connectivity index (χ1) is 35.5. The van der Waals surface area contributed by atoms with Crippen LogP contribution in [0, 0.1) is 0 Å². The molecule has 0 aromatic rings. The Morgan fingerprint density at radius 3 is 1.21 bits per heavy atom. The molecular formula is C64H122N2O6P+. The van der Waals surface area contributed by atoms with Crippen LogP contribution in [-0.4, -0.2) is 73.4 Å². The second-order valence-corrected chi connectivity index (χ2v) is 23.9. The summed E-state index contributed by atoms with van der Waals surface area (Å²) in [5, 5.41) is 14.1. The van der Waals surface area contributed by atoms with Crippen LogP contribution in [0.1, 0.15) is 290 Å². The molecule has 3 N–H and O–H groups in total. The largest absolute Gasteiger partial charge is 0.472 e. The molecule has 8 nitrogen and oxygen atoms in total. The van der Waals surface area contributed by atoms with Gasteiger partial charge in [-0.25, -0.2) is 4.57 Å². The number of aliphatic hydroxyl groups excluding tert-OH is 1. The Labute approximate surface area is 453 Å². The molecule has 0 heterocycles. The van der Waals surface area contributed by atoms with E-state index in [2.05, 4.69) is 79.9 Å². The Hall–Kier alpha value is -1.80.